The van der Waals surface area contributed by atoms with E-state index in [2.05, 4.69) is 4.98 Å². The zero-order valence-electron chi connectivity index (χ0n) is 10.5. The number of aryl methyl sites for hydroxylation is 1. The van der Waals surface area contributed by atoms with Crippen molar-refractivity contribution in [2.45, 2.75) is 44.4 Å². The van der Waals surface area contributed by atoms with Crippen molar-refractivity contribution in [3.05, 3.63) is 28.8 Å². The van der Waals surface area contributed by atoms with E-state index < -0.39 is 17.6 Å². The number of carbonyl (C=O) groups is 1. The number of carbonyl (C=O) groups excluding carboxylic acids is 1. The minimum Gasteiger partial charge on any atom is -0.366 e. The number of halogens is 3. The monoisotopic (exact) mass is 272 g/mol. The highest BCUT2D eigenvalue weighted by Crippen LogP contribution is 2.41. The zero-order valence-corrected chi connectivity index (χ0v) is 10.5. The molecule has 0 radical (unpaired) electrons. The summed E-state index contributed by atoms with van der Waals surface area (Å²) in [7, 11) is 0. The standard InChI is InChI=1S/C13H15F3N2O/c1-7-9(12(17)19)6-10(14)11(18-7)8-2-4-13(15,16)5-3-8/h6,8H,2-5H2,1H3,(H2,17,19). The summed E-state index contributed by atoms with van der Waals surface area (Å²) in [5.41, 5.74) is 5.63. The van der Waals surface area contributed by atoms with Gasteiger partial charge < -0.3 is 5.73 Å². The summed E-state index contributed by atoms with van der Waals surface area (Å²) in [6.45, 7) is 1.56. The molecule has 0 bridgehead atoms. The van der Waals surface area contributed by atoms with Crippen molar-refractivity contribution in [2.75, 3.05) is 0 Å². The molecular weight excluding hydrogens is 257 g/mol. The van der Waals surface area contributed by atoms with E-state index in [1.807, 2.05) is 0 Å². The Morgan fingerprint density at radius 2 is 2.00 bits per heavy atom. The Labute approximate surface area is 109 Å². The van der Waals surface area contributed by atoms with E-state index in [1.54, 1.807) is 6.92 Å². The van der Waals surface area contributed by atoms with Gasteiger partial charge in [-0.3, -0.25) is 9.78 Å². The summed E-state index contributed by atoms with van der Waals surface area (Å²) < 4.78 is 40.0. The first-order chi connectivity index (χ1) is 8.80. The van der Waals surface area contributed by atoms with Gasteiger partial charge >= 0.3 is 0 Å². The van der Waals surface area contributed by atoms with Crippen molar-refractivity contribution >= 4 is 5.91 Å². The molecular formula is C13H15F3N2O. The second-order valence-corrected chi connectivity index (χ2v) is 4.98. The van der Waals surface area contributed by atoms with Crippen molar-refractivity contribution in [2.24, 2.45) is 5.73 Å². The van der Waals surface area contributed by atoms with Crippen LogP contribution in [0, 0.1) is 12.7 Å². The molecule has 1 aromatic heterocycles. The molecule has 1 saturated carbocycles. The van der Waals surface area contributed by atoms with E-state index in [0.29, 0.717) is 5.69 Å². The highest BCUT2D eigenvalue weighted by molar-refractivity contribution is 5.93. The number of hydrogen-bond acceptors (Lipinski definition) is 2. The van der Waals surface area contributed by atoms with Gasteiger partial charge in [0.2, 0.25) is 5.92 Å². The molecule has 0 atom stereocenters. The lowest BCUT2D eigenvalue weighted by atomic mass is 9.84. The van der Waals surface area contributed by atoms with Crippen LogP contribution in [-0.2, 0) is 0 Å². The number of nitrogens with zero attached hydrogens (tertiary/aromatic N) is 1. The summed E-state index contributed by atoms with van der Waals surface area (Å²) in [4.78, 5) is 15.1. The van der Waals surface area contributed by atoms with Crippen molar-refractivity contribution in [1.82, 2.24) is 4.98 Å². The number of amides is 1. The number of pyridine rings is 1. The fraction of sp³-hybridized carbons (Fsp3) is 0.538. The van der Waals surface area contributed by atoms with Crippen LogP contribution in [0.15, 0.2) is 6.07 Å². The molecule has 0 spiro atoms. The van der Waals surface area contributed by atoms with E-state index in [9.17, 15) is 18.0 Å². The van der Waals surface area contributed by atoms with E-state index in [-0.39, 0.29) is 42.9 Å². The van der Waals surface area contributed by atoms with E-state index >= 15 is 0 Å². The lowest BCUT2D eigenvalue weighted by molar-refractivity contribution is -0.0387. The van der Waals surface area contributed by atoms with Gasteiger partial charge in [-0.2, -0.15) is 0 Å². The lowest BCUT2D eigenvalue weighted by Gasteiger charge is -2.28. The number of aromatic nitrogens is 1. The average Bonchev–Trinajstić information content (AvgIpc) is 2.31. The highest BCUT2D eigenvalue weighted by Gasteiger charge is 2.36. The molecule has 6 heteroatoms. The van der Waals surface area contributed by atoms with Crippen LogP contribution in [0.1, 0.15) is 53.3 Å². The van der Waals surface area contributed by atoms with Crippen LogP contribution >= 0.6 is 0 Å². The Morgan fingerprint density at radius 1 is 1.42 bits per heavy atom. The first kappa shape index (κ1) is 13.8. The van der Waals surface area contributed by atoms with Crippen LogP contribution in [-0.4, -0.2) is 16.8 Å². The fourth-order valence-corrected chi connectivity index (χ4v) is 2.45. The molecule has 1 aliphatic rings. The highest BCUT2D eigenvalue weighted by atomic mass is 19.3. The Bertz CT molecular complexity index is 507. The molecule has 1 amide bonds. The number of rotatable bonds is 2. The molecule has 2 rings (SSSR count). The largest absolute Gasteiger partial charge is 0.366 e. The Hall–Kier alpha value is -1.59. The second kappa shape index (κ2) is 4.83. The molecule has 1 aliphatic carbocycles. The number of alkyl halides is 2. The van der Waals surface area contributed by atoms with E-state index in [4.69, 9.17) is 5.73 Å². The summed E-state index contributed by atoms with van der Waals surface area (Å²) in [6.07, 6.45) is -0.108. The molecule has 0 unspecified atom stereocenters. The molecule has 0 saturated heterocycles. The minimum atomic E-state index is -2.66. The predicted octanol–water partition coefficient (Wildman–Crippen LogP) is 2.92. The molecule has 1 heterocycles. The van der Waals surface area contributed by atoms with Crippen LogP contribution in [0.2, 0.25) is 0 Å². The maximum atomic E-state index is 13.9. The topological polar surface area (TPSA) is 56.0 Å². The van der Waals surface area contributed by atoms with Gasteiger partial charge in [-0.05, 0) is 25.8 Å². The Kier molecular flexibility index (Phi) is 3.52. The number of hydrogen-bond donors (Lipinski definition) is 1. The molecule has 1 fully saturated rings. The summed E-state index contributed by atoms with van der Waals surface area (Å²) in [6, 6.07) is 1.05. The molecule has 2 N–H and O–H groups in total. The third-order valence-electron chi connectivity index (χ3n) is 3.56. The number of nitrogens with two attached hydrogens (primary N) is 1. The van der Waals surface area contributed by atoms with Crippen molar-refractivity contribution in [1.29, 1.82) is 0 Å². The van der Waals surface area contributed by atoms with Gasteiger partial charge in [0.05, 0.1) is 17.0 Å². The normalized spacial score (nSPS) is 19.4. The van der Waals surface area contributed by atoms with Crippen LogP contribution in [0.4, 0.5) is 13.2 Å². The van der Waals surface area contributed by atoms with Gasteiger partial charge in [0, 0.05) is 18.8 Å². The van der Waals surface area contributed by atoms with Crippen molar-refractivity contribution < 1.29 is 18.0 Å². The van der Waals surface area contributed by atoms with Crippen LogP contribution in [0.3, 0.4) is 0 Å². The van der Waals surface area contributed by atoms with E-state index in [0.717, 1.165) is 6.07 Å². The quantitative estimate of drug-likeness (QED) is 0.900. The zero-order chi connectivity index (χ0) is 14.2. The fourth-order valence-electron chi connectivity index (χ4n) is 2.45. The maximum absolute atomic E-state index is 13.9. The molecule has 0 aromatic carbocycles. The average molecular weight is 272 g/mol. The summed E-state index contributed by atoms with van der Waals surface area (Å²) in [5.74, 6) is -4.37. The van der Waals surface area contributed by atoms with Crippen LogP contribution < -0.4 is 5.73 Å². The first-order valence-electron chi connectivity index (χ1n) is 6.15. The van der Waals surface area contributed by atoms with Crippen molar-refractivity contribution in [3.8, 4) is 0 Å². The van der Waals surface area contributed by atoms with Crippen molar-refractivity contribution in [3.63, 3.8) is 0 Å². The van der Waals surface area contributed by atoms with Gasteiger partial charge in [-0.15, -0.1) is 0 Å². The molecule has 104 valence electrons. The molecule has 19 heavy (non-hydrogen) atoms. The minimum absolute atomic E-state index is 0.0300. The Balaban J connectivity index is 2.27. The van der Waals surface area contributed by atoms with Gasteiger partial charge in [0.1, 0.15) is 5.82 Å². The molecule has 0 aliphatic heterocycles. The maximum Gasteiger partial charge on any atom is 0.250 e. The lowest BCUT2D eigenvalue weighted by Crippen LogP contribution is -2.25. The Morgan fingerprint density at radius 3 is 2.53 bits per heavy atom. The molecule has 3 nitrogen and oxygen atoms in total. The molecule has 1 aromatic rings. The number of primary amides is 1. The van der Waals surface area contributed by atoms with E-state index in [1.165, 1.54) is 0 Å². The third kappa shape index (κ3) is 2.88. The summed E-state index contributed by atoms with van der Waals surface area (Å²) in [5, 5.41) is 0. The van der Waals surface area contributed by atoms with Gasteiger partial charge in [-0.25, -0.2) is 13.2 Å². The first-order valence-corrected chi connectivity index (χ1v) is 6.15. The van der Waals surface area contributed by atoms with Crippen LogP contribution in [0.25, 0.3) is 0 Å². The third-order valence-corrected chi connectivity index (χ3v) is 3.56. The second-order valence-electron chi connectivity index (χ2n) is 4.98. The SMILES string of the molecule is Cc1nc(C2CCC(F)(F)CC2)c(F)cc1C(N)=O. The summed E-state index contributed by atoms with van der Waals surface area (Å²) >= 11 is 0. The van der Waals surface area contributed by atoms with Gasteiger partial charge in [0.15, 0.2) is 0 Å². The van der Waals surface area contributed by atoms with Gasteiger partial charge in [-0.1, -0.05) is 0 Å². The van der Waals surface area contributed by atoms with Crippen LogP contribution in [0.5, 0.6) is 0 Å². The van der Waals surface area contributed by atoms with Gasteiger partial charge in [0.25, 0.3) is 5.91 Å². The predicted molar refractivity (Wildman–Crippen MR) is 63.6 cm³/mol. The smallest absolute Gasteiger partial charge is 0.250 e.